The van der Waals surface area contributed by atoms with Crippen LogP contribution >= 0.6 is 0 Å². The minimum atomic E-state index is -0.116. The molecule has 1 aromatic rings. The standard InChI is InChI=1S/C23H37NO2/c1-2-3-4-5-6-7-8-9-10-14-17-22-21(18-19-23(25)24(22)26)20-15-12-11-13-16-20/h11-13,15-16,21-22,26H,2-10,14,17-19H2,1H3/t21-,22-/m1/s1. The molecule has 1 saturated heterocycles. The highest BCUT2D eigenvalue weighted by atomic mass is 16.5. The second kappa shape index (κ2) is 12.1. The maximum absolute atomic E-state index is 11.9. The smallest absolute Gasteiger partial charge is 0.246 e. The summed E-state index contributed by atoms with van der Waals surface area (Å²) in [5, 5.41) is 11.3. The monoisotopic (exact) mass is 359 g/mol. The van der Waals surface area contributed by atoms with Gasteiger partial charge in [0.05, 0.1) is 6.04 Å². The van der Waals surface area contributed by atoms with E-state index in [9.17, 15) is 10.0 Å². The molecule has 1 N–H and O–H groups in total. The summed E-state index contributed by atoms with van der Waals surface area (Å²) in [6.45, 7) is 2.26. The first-order chi connectivity index (χ1) is 12.7. The number of piperidine rings is 1. The normalized spacial score (nSPS) is 20.5. The van der Waals surface area contributed by atoms with E-state index in [1.54, 1.807) is 0 Å². The van der Waals surface area contributed by atoms with E-state index in [4.69, 9.17) is 0 Å². The number of unbranched alkanes of at least 4 members (excludes halogenated alkanes) is 9. The minimum absolute atomic E-state index is 0.0623. The molecule has 1 amide bonds. The first-order valence-electron chi connectivity index (χ1n) is 10.8. The van der Waals surface area contributed by atoms with Crippen molar-refractivity contribution in [2.45, 2.75) is 102 Å². The van der Waals surface area contributed by atoms with Gasteiger partial charge in [0.1, 0.15) is 0 Å². The Labute approximate surface area is 159 Å². The highest BCUT2D eigenvalue weighted by Crippen LogP contribution is 2.35. The van der Waals surface area contributed by atoms with E-state index in [1.807, 2.05) is 18.2 Å². The van der Waals surface area contributed by atoms with Crippen LogP contribution in [0.25, 0.3) is 0 Å². The molecule has 3 nitrogen and oxygen atoms in total. The number of carbonyl (C=O) groups is 1. The fraction of sp³-hybridized carbons (Fsp3) is 0.696. The Bertz CT molecular complexity index is 502. The van der Waals surface area contributed by atoms with Gasteiger partial charge in [-0.05, 0) is 18.4 Å². The van der Waals surface area contributed by atoms with E-state index in [1.165, 1.54) is 63.4 Å². The summed E-state index contributed by atoms with van der Waals surface area (Å²) in [6, 6.07) is 10.3. The zero-order valence-corrected chi connectivity index (χ0v) is 16.5. The summed E-state index contributed by atoms with van der Waals surface area (Å²) >= 11 is 0. The SMILES string of the molecule is CCCCCCCCCCCC[C@@H]1[C@@H](c2ccccc2)CCC(=O)N1O. The van der Waals surface area contributed by atoms with Crippen molar-refractivity contribution in [3.05, 3.63) is 35.9 Å². The van der Waals surface area contributed by atoms with Crippen molar-refractivity contribution >= 4 is 5.91 Å². The van der Waals surface area contributed by atoms with Gasteiger partial charge in [-0.3, -0.25) is 10.0 Å². The van der Waals surface area contributed by atoms with E-state index in [-0.39, 0.29) is 17.9 Å². The van der Waals surface area contributed by atoms with E-state index < -0.39 is 0 Å². The molecule has 1 aromatic carbocycles. The Morgan fingerprint density at radius 2 is 1.50 bits per heavy atom. The number of rotatable bonds is 12. The molecule has 0 spiro atoms. The zero-order valence-electron chi connectivity index (χ0n) is 16.5. The summed E-state index contributed by atoms with van der Waals surface area (Å²) < 4.78 is 0. The second-order valence-electron chi connectivity index (χ2n) is 7.83. The van der Waals surface area contributed by atoms with Gasteiger partial charge in [-0.25, -0.2) is 5.06 Å². The molecule has 146 valence electrons. The third-order valence-corrected chi connectivity index (χ3v) is 5.78. The third-order valence-electron chi connectivity index (χ3n) is 5.78. The molecule has 0 bridgehead atoms. The molecule has 2 atom stereocenters. The van der Waals surface area contributed by atoms with Crippen LogP contribution in [0.1, 0.15) is 102 Å². The van der Waals surface area contributed by atoms with Crippen molar-refractivity contribution in [2.24, 2.45) is 0 Å². The van der Waals surface area contributed by atoms with Crippen LogP contribution in [0, 0.1) is 0 Å². The number of hydrogen-bond donors (Lipinski definition) is 1. The molecule has 1 fully saturated rings. The van der Waals surface area contributed by atoms with E-state index in [2.05, 4.69) is 19.1 Å². The quantitative estimate of drug-likeness (QED) is 0.343. The summed E-state index contributed by atoms with van der Waals surface area (Å²) in [5.41, 5.74) is 1.25. The van der Waals surface area contributed by atoms with Crippen LogP contribution in [0.3, 0.4) is 0 Å². The molecule has 3 heteroatoms. The first-order valence-corrected chi connectivity index (χ1v) is 10.8. The Balaban J connectivity index is 1.69. The first kappa shape index (κ1) is 21.0. The van der Waals surface area contributed by atoms with Crippen molar-refractivity contribution in [2.75, 3.05) is 0 Å². The lowest BCUT2D eigenvalue weighted by molar-refractivity contribution is -0.185. The predicted molar refractivity (Wildman–Crippen MR) is 107 cm³/mol. The Hall–Kier alpha value is -1.35. The maximum Gasteiger partial charge on any atom is 0.246 e. The number of hydroxylamine groups is 2. The zero-order chi connectivity index (χ0) is 18.6. The van der Waals surface area contributed by atoms with Crippen LogP contribution in [0.5, 0.6) is 0 Å². The maximum atomic E-state index is 11.9. The van der Waals surface area contributed by atoms with Gasteiger partial charge in [0.25, 0.3) is 0 Å². The highest BCUT2D eigenvalue weighted by Gasteiger charge is 2.35. The second-order valence-corrected chi connectivity index (χ2v) is 7.83. The average Bonchev–Trinajstić information content (AvgIpc) is 2.67. The summed E-state index contributed by atoms with van der Waals surface area (Å²) in [5.74, 6) is 0.145. The van der Waals surface area contributed by atoms with Crippen molar-refractivity contribution in [1.29, 1.82) is 0 Å². The van der Waals surface area contributed by atoms with Crippen LogP contribution in [0.2, 0.25) is 0 Å². The van der Waals surface area contributed by atoms with Crippen LogP contribution in [-0.2, 0) is 4.79 Å². The predicted octanol–water partition coefficient (Wildman–Crippen LogP) is 6.46. The molecular formula is C23H37NO2. The fourth-order valence-electron chi connectivity index (χ4n) is 4.19. The van der Waals surface area contributed by atoms with E-state index in [0.29, 0.717) is 6.42 Å². The Morgan fingerprint density at radius 3 is 2.12 bits per heavy atom. The molecule has 1 heterocycles. The molecule has 1 aliphatic rings. The molecule has 1 aliphatic heterocycles. The van der Waals surface area contributed by atoms with Gasteiger partial charge in [-0.2, -0.15) is 0 Å². The largest absolute Gasteiger partial charge is 0.286 e. The van der Waals surface area contributed by atoms with E-state index >= 15 is 0 Å². The van der Waals surface area contributed by atoms with Gasteiger partial charge >= 0.3 is 0 Å². The van der Waals surface area contributed by atoms with Crippen LogP contribution in [-0.4, -0.2) is 22.2 Å². The molecule has 26 heavy (non-hydrogen) atoms. The van der Waals surface area contributed by atoms with Gasteiger partial charge in [0, 0.05) is 12.3 Å². The number of carbonyl (C=O) groups excluding carboxylic acids is 1. The molecule has 0 aromatic heterocycles. The van der Waals surface area contributed by atoms with Crippen molar-refractivity contribution in [3.63, 3.8) is 0 Å². The lowest BCUT2D eigenvalue weighted by Crippen LogP contribution is -2.45. The van der Waals surface area contributed by atoms with Crippen molar-refractivity contribution in [3.8, 4) is 0 Å². The van der Waals surface area contributed by atoms with Crippen LogP contribution in [0.15, 0.2) is 30.3 Å². The lowest BCUT2D eigenvalue weighted by atomic mass is 9.82. The molecule has 0 saturated carbocycles. The van der Waals surface area contributed by atoms with Crippen LogP contribution in [0.4, 0.5) is 0 Å². The Kier molecular flexibility index (Phi) is 9.76. The van der Waals surface area contributed by atoms with Crippen LogP contribution < -0.4 is 0 Å². The van der Waals surface area contributed by atoms with Crippen molar-refractivity contribution < 1.29 is 10.0 Å². The summed E-state index contributed by atoms with van der Waals surface area (Å²) in [4.78, 5) is 11.9. The Morgan fingerprint density at radius 1 is 0.923 bits per heavy atom. The fourth-order valence-corrected chi connectivity index (χ4v) is 4.19. The number of hydrogen-bond acceptors (Lipinski definition) is 2. The summed E-state index contributed by atoms with van der Waals surface area (Å²) in [6.07, 6.45) is 15.3. The van der Waals surface area contributed by atoms with Crippen molar-refractivity contribution in [1.82, 2.24) is 5.06 Å². The van der Waals surface area contributed by atoms with Gasteiger partial charge in [0.2, 0.25) is 5.91 Å². The highest BCUT2D eigenvalue weighted by molar-refractivity contribution is 5.76. The molecule has 0 aliphatic carbocycles. The lowest BCUT2D eigenvalue weighted by Gasteiger charge is -2.37. The third kappa shape index (κ3) is 6.75. The van der Waals surface area contributed by atoms with E-state index in [0.717, 1.165) is 24.3 Å². The van der Waals surface area contributed by atoms with Gasteiger partial charge in [0.15, 0.2) is 0 Å². The van der Waals surface area contributed by atoms with Gasteiger partial charge < -0.3 is 0 Å². The summed E-state index contributed by atoms with van der Waals surface area (Å²) in [7, 11) is 0. The molecule has 2 rings (SSSR count). The minimum Gasteiger partial charge on any atom is -0.286 e. The molecule has 0 radical (unpaired) electrons. The number of nitrogens with zero attached hydrogens (tertiary/aromatic N) is 1. The van der Waals surface area contributed by atoms with Gasteiger partial charge in [-0.1, -0.05) is 101 Å². The number of benzene rings is 1. The number of amides is 1. The van der Waals surface area contributed by atoms with Gasteiger partial charge in [-0.15, -0.1) is 0 Å². The molecule has 0 unspecified atom stereocenters. The topological polar surface area (TPSA) is 40.5 Å². The average molecular weight is 360 g/mol. The molecular weight excluding hydrogens is 322 g/mol.